The number of pyridine rings is 1. The normalized spacial score (nSPS) is 12.1. The van der Waals surface area contributed by atoms with Gasteiger partial charge in [-0.1, -0.05) is 49.4 Å². The van der Waals surface area contributed by atoms with Crippen LogP contribution in [0.5, 0.6) is 0 Å². The highest BCUT2D eigenvalue weighted by molar-refractivity contribution is 7.90. The summed E-state index contributed by atoms with van der Waals surface area (Å²) in [4.78, 5) is 17.6. The van der Waals surface area contributed by atoms with Gasteiger partial charge in [-0.25, -0.2) is 26.6 Å². The predicted octanol–water partition coefficient (Wildman–Crippen LogP) is 7.30. The summed E-state index contributed by atoms with van der Waals surface area (Å²) in [6.45, 7) is 7.19. The monoisotopic (exact) mass is 639 g/mol. The molecule has 0 aliphatic carbocycles. The highest BCUT2D eigenvalue weighted by Crippen LogP contribution is 2.38. The third kappa shape index (κ3) is 6.16. The SMILES string of the molecule is COC(=O)c1cc(-c2ccnc3c2ccn3S(=O)(=O)c2ccccc2)n(COCC[Si](C)(C)C)c1-c1ccc(Cl)cc1F. The van der Waals surface area contributed by atoms with E-state index in [1.807, 2.05) is 0 Å². The Morgan fingerprint density at radius 1 is 1.02 bits per heavy atom. The fourth-order valence-corrected chi connectivity index (χ4v) is 7.05. The Labute approximate surface area is 255 Å². The number of methoxy groups -OCH3 is 1. The maximum absolute atomic E-state index is 15.4. The molecule has 0 aliphatic heterocycles. The number of aromatic nitrogens is 3. The van der Waals surface area contributed by atoms with Gasteiger partial charge in [0.15, 0.2) is 5.65 Å². The van der Waals surface area contributed by atoms with E-state index in [-0.39, 0.29) is 39.1 Å². The molecular formula is C31H31ClFN3O5SSi. The lowest BCUT2D eigenvalue weighted by molar-refractivity contribution is 0.0600. The van der Waals surface area contributed by atoms with E-state index in [0.717, 1.165) is 10.0 Å². The van der Waals surface area contributed by atoms with E-state index < -0.39 is 29.9 Å². The van der Waals surface area contributed by atoms with Crippen LogP contribution < -0.4 is 0 Å². The maximum atomic E-state index is 15.4. The molecular weight excluding hydrogens is 609 g/mol. The van der Waals surface area contributed by atoms with Gasteiger partial charge in [0.2, 0.25) is 0 Å². The van der Waals surface area contributed by atoms with Crippen molar-refractivity contribution in [3.63, 3.8) is 0 Å². The number of hydrogen-bond donors (Lipinski definition) is 0. The van der Waals surface area contributed by atoms with Crippen molar-refractivity contribution in [3.8, 4) is 22.5 Å². The van der Waals surface area contributed by atoms with E-state index in [0.29, 0.717) is 23.3 Å². The molecule has 0 saturated heterocycles. The summed E-state index contributed by atoms with van der Waals surface area (Å²) < 4.78 is 56.5. The maximum Gasteiger partial charge on any atom is 0.340 e. The molecule has 0 aliphatic rings. The Kier molecular flexibility index (Phi) is 8.62. The molecule has 43 heavy (non-hydrogen) atoms. The number of nitrogens with zero attached hydrogens (tertiary/aromatic N) is 3. The van der Waals surface area contributed by atoms with Gasteiger partial charge in [0, 0.05) is 48.6 Å². The van der Waals surface area contributed by atoms with Gasteiger partial charge in [0.05, 0.1) is 29.0 Å². The van der Waals surface area contributed by atoms with Crippen molar-refractivity contribution in [2.75, 3.05) is 13.7 Å². The molecule has 0 unspecified atom stereocenters. The molecule has 3 aromatic heterocycles. The average molecular weight is 640 g/mol. The lowest BCUT2D eigenvalue weighted by atomic mass is 10.1. The van der Waals surface area contributed by atoms with Crippen LogP contribution in [0.2, 0.25) is 30.7 Å². The van der Waals surface area contributed by atoms with Crippen LogP contribution in [0.3, 0.4) is 0 Å². The molecule has 0 amide bonds. The van der Waals surface area contributed by atoms with Gasteiger partial charge in [-0.15, -0.1) is 0 Å². The molecule has 0 N–H and O–H groups in total. The highest BCUT2D eigenvalue weighted by Gasteiger charge is 2.28. The second-order valence-corrected chi connectivity index (χ2v) is 19.1. The summed E-state index contributed by atoms with van der Waals surface area (Å²) in [6.07, 6.45) is 2.95. The fraction of sp³-hybridized carbons (Fsp3) is 0.226. The molecule has 3 heterocycles. The van der Waals surface area contributed by atoms with Gasteiger partial charge in [-0.3, -0.25) is 0 Å². The van der Waals surface area contributed by atoms with Crippen molar-refractivity contribution in [1.82, 2.24) is 13.5 Å². The van der Waals surface area contributed by atoms with Gasteiger partial charge in [-0.05, 0) is 54.6 Å². The summed E-state index contributed by atoms with van der Waals surface area (Å²) in [5.74, 6) is -1.29. The molecule has 0 radical (unpaired) electrons. The fourth-order valence-electron chi connectivity index (χ4n) is 4.82. The predicted molar refractivity (Wildman–Crippen MR) is 168 cm³/mol. The molecule has 0 spiro atoms. The van der Waals surface area contributed by atoms with Crippen LogP contribution in [0.4, 0.5) is 4.39 Å². The average Bonchev–Trinajstić information content (AvgIpc) is 3.57. The minimum atomic E-state index is -3.95. The second kappa shape index (κ2) is 12.1. The number of carbonyl (C=O) groups excluding carboxylic acids is 1. The van der Waals surface area contributed by atoms with Crippen LogP contribution in [0, 0.1) is 5.82 Å². The smallest absolute Gasteiger partial charge is 0.340 e. The lowest BCUT2D eigenvalue weighted by Crippen LogP contribution is -2.22. The third-order valence-corrected chi connectivity index (χ3v) is 10.7. The molecule has 12 heteroatoms. The number of hydrogen-bond acceptors (Lipinski definition) is 6. The van der Waals surface area contributed by atoms with E-state index >= 15 is 4.39 Å². The van der Waals surface area contributed by atoms with Crippen LogP contribution in [0.25, 0.3) is 33.5 Å². The number of ether oxygens (including phenoxy) is 2. The molecule has 2 aromatic carbocycles. The van der Waals surface area contributed by atoms with Crippen molar-refractivity contribution < 1.29 is 27.1 Å². The minimum absolute atomic E-state index is 0.00104. The van der Waals surface area contributed by atoms with Crippen LogP contribution in [0.15, 0.2) is 84.0 Å². The van der Waals surface area contributed by atoms with Gasteiger partial charge < -0.3 is 14.0 Å². The third-order valence-electron chi connectivity index (χ3n) is 7.04. The Morgan fingerprint density at radius 3 is 2.44 bits per heavy atom. The molecule has 224 valence electrons. The zero-order valence-corrected chi connectivity index (χ0v) is 26.7. The standard InChI is InChI=1S/C31H31ClFN3O5SSi/c1-40-31(37)26-19-28(35(20-41-16-17-43(2,3)4)29(26)25-11-10-21(32)18-27(25)33)23-12-14-34-30-24(23)13-15-36(30)42(38,39)22-8-6-5-7-9-22/h5-15,18-19H,16-17,20H2,1-4H3. The molecule has 0 saturated carbocycles. The molecule has 0 fully saturated rings. The zero-order chi connectivity index (χ0) is 30.9. The molecule has 5 rings (SSSR count). The number of halogens is 2. The van der Waals surface area contributed by atoms with Crippen LogP contribution in [-0.4, -0.2) is 49.7 Å². The van der Waals surface area contributed by atoms with Crippen molar-refractivity contribution in [2.24, 2.45) is 0 Å². The van der Waals surface area contributed by atoms with Gasteiger partial charge >= 0.3 is 5.97 Å². The van der Waals surface area contributed by atoms with Crippen molar-refractivity contribution >= 4 is 46.7 Å². The Balaban J connectivity index is 1.73. The summed E-state index contributed by atoms with van der Waals surface area (Å²) in [5.41, 5.74) is 1.79. The van der Waals surface area contributed by atoms with E-state index in [4.69, 9.17) is 21.1 Å². The molecule has 0 bridgehead atoms. The summed E-state index contributed by atoms with van der Waals surface area (Å²) in [5, 5.41) is 0.727. The van der Waals surface area contributed by atoms with E-state index in [9.17, 15) is 13.2 Å². The lowest BCUT2D eigenvalue weighted by Gasteiger charge is -2.19. The zero-order valence-electron chi connectivity index (χ0n) is 24.2. The first-order valence-corrected chi connectivity index (χ1v) is 19.1. The van der Waals surface area contributed by atoms with Crippen LogP contribution >= 0.6 is 11.6 Å². The van der Waals surface area contributed by atoms with Gasteiger partial charge in [0.25, 0.3) is 10.0 Å². The first-order valence-electron chi connectivity index (χ1n) is 13.5. The van der Waals surface area contributed by atoms with Crippen LogP contribution in [0.1, 0.15) is 10.4 Å². The van der Waals surface area contributed by atoms with E-state index in [1.165, 1.54) is 43.8 Å². The van der Waals surface area contributed by atoms with Crippen molar-refractivity contribution in [3.05, 3.63) is 95.5 Å². The minimum Gasteiger partial charge on any atom is -0.465 e. The topological polar surface area (TPSA) is 92.4 Å². The quantitative estimate of drug-likeness (QED) is 0.0904. The number of esters is 1. The largest absolute Gasteiger partial charge is 0.465 e. The second-order valence-electron chi connectivity index (χ2n) is 11.2. The summed E-state index contributed by atoms with van der Waals surface area (Å²) in [7, 11) is -4.11. The Morgan fingerprint density at radius 2 is 1.77 bits per heavy atom. The van der Waals surface area contributed by atoms with Crippen molar-refractivity contribution in [2.45, 2.75) is 37.3 Å². The van der Waals surface area contributed by atoms with Crippen molar-refractivity contribution in [1.29, 1.82) is 0 Å². The van der Waals surface area contributed by atoms with Crippen LogP contribution in [-0.2, 0) is 26.2 Å². The molecule has 5 aromatic rings. The van der Waals surface area contributed by atoms with E-state index in [2.05, 4.69) is 24.6 Å². The Hall–Kier alpha value is -3.77. The highest BCUT2D eigenvalue weighted by atomic mass is 35.5. The number of rotatable bonds is 10. The summed E-state index contributed by atoms with van der Waals surface area (Å²) in [6, 6.07) is 18.2. The number of benzene rings is 2. The number of fused-ring (bicyclic) bond motifs is 1. The molecule has 8 nitrogen and oxygen atoms in total. The first kappa shape index (κ1) is 30.7. The summed E-state index contributed by atoms with van der Waals surface area (Å²) >= 11 is 6.05. The first-order chi connectivity index (χ1) is 20.4. The Bertz CT molecular complexity index is 1920. The van der Waals surface area contributed by atoms with Gasteiger partial charge in [-0.2, -0.15) is 0 Å². The number of carbonyl (C=O) groups is 1. The molecule has 0 atom stereocenters. The van der Waals surface area contributed by atoms with E-state index in [1.54, 1.807) is 47.0 Å². The van der Waals surface area contributed by atoms with Gasteiger partial charge in [0.1, 0.15) is 12.5 Å².